The summed E-state index contributed by atoms with van der Waals surface area (Å²) in [7, 11) is 0. The van der Waals surface area contributed by atoms with Gasteiger partial charge in [0.05, 0.1) is 22.2 Å². The van der Waals surface area contributed by atoms with E-state index in [1.165, 1.54) is 16.7 Å². The first-order valence-electron chi connectivity index (χ1n) is 6.74. The zero-order chi connectivity index (χ0) is 17.6. The lowest BCUT2D eigenvalue weighted by molar-refractivity contribution is -0.137. The van der Waals surface area contributed by atoms with Crippen LogP contribution in [0.25, 0.3) is 16.6 Å². The van der Waals surface area contributed by atoms with Crippen LogP contribution in [0.1, 0.15) is 11.4 Å². The molecule has 0 radical (unpaired) electrons. The van der Waals surface area contributed by atoms with Gasteiger partial charge < -0.3 is 0 Å². The van der Waals surface area contributed by atoms with Crippen molar-refractivity contribution in [2.24, 2.45) is 0 Å². The monoisotopic (exact) mass is 460 g/mol. The Morgan fingerprint density at radius 3 is 2.50 bits per heavy atom. The third kappa shape index (κ3) is 3.00. The molecule has 3 rings (SSSR count). The Balaban J connectivity index is 2.34. The summed E-state index contributed by atoms with van der Waals surface area (Å²) in [5.74, 6) is 0.301. The maximum absolute atomic E-state index is 12.9. The standard InChI is InChI=1S/C16H9Br2F3N2O/c1-8-22-14-12(6-10(17)7-13(14)18)15(24)23(8)11-4-2-3-9(5-11)16(19,20)21/h2-7H,1H3. The van der Waals surface area contributed by atoms with Crippen LogP contribution in [-0.2, 0) is 6.18 Å². The summed E-state index contributed by atoms with van der Waals surface area (Å²) in [6.07, 6.45) is -4.48. The van der Waals surface area contributed by atoms with E-state index in [-0.39, 0.29) is 5.69 Å². The molecule has 8 heteroatoms. The highest BCUT2D eigenvalue weighted by Crippen LogP contribution is 2.31. The first kappa shape index (κ1) is 17.2. The van der Waals surface area contributed by atoms with Gasteiger partial charge in [0.2, 0.25) is 0 Å². The molecule has 1 aromatic heterocycles. The average molecular weight is 462 g/mol. The number of halogens is 5. The van der Waals surface area contributed by atoms with Crippen molar-refractivity contribution in [1.29, 1.82) is 0 Å². The minimum Gasteiger partial charge on any atom is -0.268 e. The Bertz CT molecular complexity index is 1010. The topological polar surface area (TPSA) is 34.9 Å². The van der Waals surface area contributed by atoms with Crippen molar-refractivity contribution >= 4 is 42.8 Å². The Hall–Kier alpha value is -1.67. The molecule has 0 unspecified atom stereocenters. The number of hydrogen-bond donors (Lipinski definition) is 0. The maximum atomic E-state index is 12.9. The van der Waals surface area contributed by atoms with Crippen molar-refractivity contribution in [3.63, 3.8) is 0 Å². The first-order valence-corrected chi connectivity index (χ1v) is 8.33. The van der Waals surface area contributed by atoms with Crippen molar-refractivity contribution in [1.82, 2.24) is 9.55 Å². The highest BCUT2D eigenvalue weighted by Gasteiger charge is 2.30. The molecule has 0 amide bonds. The van der Waals surface area contributed by atoms with E-state index in [0.29, 0.717) is 25.7 Å². The Labute approximate surface area is 151 Å². The first-order chi connectivity index (χ1) is 11.2. The van der Waals surface area contributed by atoms with E-state index >= 15 is 0 Å². The summed E-state index contributed by atoms with van der Waals surface area (Å²) in [4.78, 5) is 17.2. The zero-order valence-corrected chi connectivity index (χ0v) is 15.3. The molecule has 0 saturated heterocycles. The fourth-order valence-corrected chi connectivity index (χ4v) is 3.76. The number of alkyl halides is 3. The van der Waals surface area contributed by atoms with Crippen LogP contribution in [0.3, 0.4) is 0 Å². The minimum absolute atomic E-state index is 0.123. The van der Waals surface area contributed by atoms with Crippen molar-refractivity contribution in [3.8, 4) is 5.69 Å². The fourth-order valence-electron chi connectivity index (χ4n) is 2.45. The molecule has 3 aromatic rings. The molecular formula is C16H9Br2F3N2O. The lowest BCUT2D eigenvalue weighted by Gasteiger charge is -2.14. The van der Waals surface area contributed by atoms with Gasteiger partial charge in [-0.2, -0.15) is 13.2 Å². The Kier molecular flexibility index (Phi) is 4.29. The molecule has 0 aliphatic carbocycles. The third-order valence-electron chi connectivity index (χ3n) is 3.49. The van der Waals surface area contributed by atoms with E-state index in [1.54, 1.807) is 19.1 Å². The number of benzene rings is 2. The number of rotatable bonds is 1. The van der Waals surface area contributed by atoms with Gasteiger partial charge >= 0.3 is 6.18 Å². The van der Waals surface area contributed by atoms with Gasteiger partial charge in [0, 0.05) is 8.95 Å². The summed E-state index contributed by atoms with van der Waals surface area (Å²) in [6.45, 7) is 1.58. The van der Waals surface area contributed by atoms with Gasteiger partial charge in [0.25, 0.3) is 5.56 Å². The molecule has 0 N–H and O–H groups in total. The lowest BCUT2D eigenvalue weighted by atomic mass is 10.2. The number of aryl methyl sites for hydroxylation is 1. The number of hydrogen-bond acceptors (Lipinski definition) is 2. The second kappa shape index (κ2) is 6.00. The van der Waals surface area contributed by atoms with Gasteiger partial charge in [-0.15, -0.1) is 0 Å². The summed E-state index contributed by atoms with van der Waals surface area (Å²) < 4.78 is 41.3. The summed E-state index contributed by atoms with van der Waals surface area (Å²) >= 11 is 6.64. The number of fused-ring (bicyclic) bond motifs is 1. The van der Waals surface area contributed by atoms with Crippen molar-refractivity contribution in [2.45, 2.75) is 13.1 Å². The molecule has 0 atom stereocenters. The smallest absolute Gasteiger partial charge is 0.268 e. The van der Waals surface area contributed by atoms with Gasteiger partial charge in [-0.1, -0.05) is 22.0 Å². The molecule has 24 heavy (non-hydrogen) atoms. The molecule has 0 spiro atoms. The van der Waals surface area contributed by atoms with E-state index in [9.17, 15) is 18.0 Å². The fraction of sp³-hybridized carbons (Fsp3) is 0.125. The highest BCUT2D eigenvalue weighted by atomic mass is 79.9. The third-order valence-corrected chi connectivity index (χ3v) is 4.55. The summed E-state index contributed by atoms with van der Waals surface area (Å²) in [5.41, 5.74) is -0.664. The second-order valence-electron chi connectivity index (χ2n) is 5.13. The van der Waals surface area contributed by atoms with Crippen molar-refractivity contribution < 1.29 is 13.2 Å². The molecule has 0 bridgehead atoms. The second-order valence-corrected chi connectivity index (χ2v) is 6.90. The molecule has 0 aliphatic heterocycles. The summed E-state index contributed by atoms with van der Waals surface area (Å²) in [6, 6.07) is 7.97. The molecule has 124 valence electrons. The van der Waals surface area contributed by atoms with Crippen LogP contribution in [-0.4, -0.2) is 9.55 Å². The Morgan fingerprint density at radius 1 is 1.12 bits per heavy atom. The van der Waals surface area contributed by atoms with Crippen LogP contribution in [0.15, 0.2) is 50.1 Å². The zero-order valence-electron chi connectivity index (χ0n) is 12.2. The van der Waals surface area contributed by atoms with Crippen LogP contribution in [0.4, 0.5) is 13.2 Å². The molecule has 2 aromatic carbocycles. The van der Waals surface area contributed by atoms with Crippen LogP contribution in [0.2, 0.25) is 0 Å². The quantitative estimate of drug-likeness (QED) is 0.496. The maximum Gasteiger partial charge on any atom is 0.416 e. The normalized spacial score (nSPS) is 11.9. The van der Waals surface area contributed by atoms with E-state index in [1.807, 2.05) is 0 Å². The number of aromatic nitrogens is 2. The van der Waals surface area contributed by atoms with Crippen molar-refractivity contribution in [2.75, 3.05) is 0 Å². The molecule has 1 heterocycles. The Morgan fingerprint density at radius 2 is 1.83 bits per heavy atom. The number of nitrogens with zero attached hydrogens (tertiary/aromatic N) is 2. The van der Waals surface area contributed by atoms with Crippen LogP contribution in [0, 0.1) is 6.92 Å². The molecular weight excluding hydrogens is 453 g/mol. The molecule has 3 nitrogen and oxygen atoms in total. The van der Waals surface area contributed by atoms with E-state index < -0.39 is 17.3 Å². The largest absolute Gasteiger partial charge is 0.416 e. The molecule has 0 fully saturated rings. The molecule has 0 aliphatic rings. The highest BCUT2D eigenvalue weighted by molar-refractivity contribution is 9.11. The van der Waals surface area contributed by atoms with Gasteiger partial charge in [0.1, 0.15) is 5.82 Å². The lowest BCUT2D eigenvalue weighted by Crippen LogP contribution is -2.23. The van der Waals surface area contributed by atoms with Gasteiger partial charge in [-0.3, -0.25) is 9.36 Å². The van der Waals surface area contributed by atoms with E-state index in [4.69, 9.17) is 0 Å². The average Bonchev–Trinajstić information content (AvgIpc) is 2.48. The molecule has 0 saturated carbocycles. The van der Waals surface area contributed by atoms with E-state index in [2.05, 4.69) is 36.8 Å². The van der Waals surface area contributed by atoms with Crippen LogP contribution >= 0.6 is 31.9 Å². The van der Waals surface area contributed by atoms with Crippen LogP contribution < -0.4 is 5.56 Å². The predicted molar refractivity (Wildman–Crippen MR) is 92.5 cm³/mol. The predicted octanol–water partition coefficient (Wildman–Crippen LogP) is 5.24. The van der Waals surface area contributed by atoms with E-state index in [0.717, 1.165) is 12.1 Å². The van der Waals surface area contributed by atoms with Gasteiger partial charge in [-0.25, -0.2) is 4.98 Å². The van der Waals surface area contributed by atoms with Crippen molar-refractivity contribution in [3.05, 3.63) is 67.1 Å². The minimum atomic E-state index is -4.48. The summed E-state index contributed by atoms with van der Waals surface area (Å²) in [5, 5.41) is 0.305. The van der Waals surface area contributed by atoms with Gasteiger partial charge in [-0.05, 0) is 53.2 Å². The SMILES string of the molecule is Cc1nc2c(Br)cc(Br)cc2c(=O)n1-c1cccc(C(F)(F)F)c1. The van der Waals surface area contributed by atoms with Crippen LogP contribution in [0.5, 0.6) is 0 Å². The van der Waals surface area contributed by atoms with Gasteiger partial charge in [0.15, 0.2) is 0 Å².